The molecule has 1 heterocycles. The van der Waals surface area contributed by atoms with Crippen molar-refractivity contribution >= 4 is 17.8 Å². The van der Waals surface area contributed by atoms with Gasteiger partial charge in [0.25, 0.3) is 0 Å². The van der Waals surface area contributed by atoms with Crippen LogP contribution in [-0.4, -0.2) is 39.1 Å². The van der Waals surface area contributed by atoms with E-state index in [2.05, 4.69) is 10.3 Å². The van der Waals surface area contributed by atoms with Gasteiger partial charge in [-0.05, 0) is 24.1 Å². The number of amides is 1. The smallest absolute Gasteiger partial charge is 0.326 e. The van der Waals surface area contributed by atoms with E-state index in [0.29, 0.717) is 6.42 Å². The molecule has 0 saturated carbocycles. The fourth-order valence-electron chi connectivity index (χ4n) is 1.45. The topological polar surface area (TPSA) is 117 Å². The van der Waals surface area contributed by atoms with Crippen LogP contribution in [0.4, 0.5) is 0 Å². The van der Waals surface area contributed by atoms with E-state index in [1.165, 1.54) is 0 Å². The van der Waals surface area contributed by atoms with Crippen LogP contribution in [0.2, 0.25) is 0 Å². The largest absolute Gasteiger partial charge is 0.481 e. The van der Waals surface area contributed by atoms with Crippen molar-refractivity contribution in [2.24, 2.45) is 0 Å². The second kappa shape index (κ2) is 7.10. The SMILES string of the molecule is O=C(O)CC(NC(=O)CCc1ccncc1)C(=O)O. The Morgan fingerprint density at radius 2 is 1.84 bits per heavy atom. The number of pyridine rings is 1. The maximum absolute atomic E-state index is 11.5. The van der Waals surface area contributed by atoms with Crippen LogP contribution >= 0.6 is 0 Å². The van der Waals surface area contributed by atoms with Gasteiger partial charge in [0.05, 0.1) is 6.42 Å². The van der Waals surface area contributed by atoms with Gasteiger partial charge in [0.15, 0.2) is 0 Å². The van der Waals surface area contributed by atoms with E-state index in [1.807, 2.05) is 0 Å². The van der Waals surface area contributed by atoms with E-state index >= 15 is 0 Å². The molecule has 0 aliphatic carbocycles. The third-order valence-corrected chi connectivity index (χ3v) is 2.40. The summed E-state index contributed by atoms with van der Waals surface area (Å²) in [5.41, 5.74) is 0.898. The summed E-state index contributed by atoms with van der Waals surface area (Å²) in [5.74, 6) is -3.13. The average molecular weight is 266 g/mol. The molecule has 19 heavy (non-hydrogen) atoms. The number of nitrogens with zero attached hydrogens (tertiary/aromatic N) is 1. The predicted molar refractivity (Wildman–Crippen MR) is 64.4 cm³/mol. The summed E-state index contributed by atoms with van der Waals surface area (Å²) in [6.45, 7) is 0. The van der Waals surface area contributed by atoms with Crippen molar-refractivity contribution in [3.63, 3.8) is 0 Å². The van der Waals surface area contributed by atoms with Crippen molar-refractivity contribution in [1.82, 2.24) is 10.3 Å². The van der Waals surface area contributed by atoms with E-state index in [4.69, 9.17) is 10.2 Å². The molecule has 1 aromatic rings. The Morgan fingerprint density at radius 1 is 1.21 bits per heavy atom. The van der Waals surface area contributed by atoms with Crippen molar-refractivity contribution in [1.29, 1.82) is 0 Å². The van der Waals surface area contributed by atoms with Gasteiger partial charge in [0.1, 0.15) is 6.04 Å². The first-order chi connectivity index (χ1) is 8.99. The normalized spacial score (nSPS) is 11.6. The van der Waals surface area contributed by atoms with Crippen molar-refractivity contribution in [2.45, 2.75) is 25.3 Å². The van der Waals surface area contributed by atoms with Gasteiger partial charge in [-0.1, -0.05) is 0 Å². The molecule has 0 spiro atoms. The van der Waals surface area contributed by atoms with Gasteiger partial charge >= 0.3 is 11.9 Å². The maximum atomic E-state index is 11.5. The van der Waals surface area contributed by atoms with Crippen molar-refractivity contribution in [2.75, 3.05) is 0 Å². The van der Waals surface area contributed by atoms with E-state index < -0.39 is 30.3 Å². The Hall–Kier alpha value is -2.44. The first-order valence-corrected chi connectivity index (χ1v) is 5.62. The number of carbonyl (C=O) groups excluding carboxylic acids is 1. The molecule has 1 unspecified atom stereocenters. The Kier molecular flexibility index (Phi) is 5.46. The van der Waals surface area contributed by atoms with Gasteiger partial charge in [0, 0.05) is 18.8 Å². The first kappa shape index (κ1) is 14.6. The van der Waals surface area contributed by atoms with Crippen LogP contribution < -0.4 is 5.32 Å². The van der Waals surface area contributed by atoms with Gasteiger partial charge in [0.2, 0.25) is 5.91 Å². The minimum Gasteiger partial charge on any atom is -0.481 e. The summed E-state index contributed by atoms with van der Waals surface area (Å²) in [6, 6.07) is 2.10. The predicted octanol–water partition coefficient (Wildman–Crippen LogP) is 0.0583. The molecular formula is C12H14N2O5. The zero-order valence-electron chi connectivity index (χ0n) is 10.1. The van der Waals surface area contributed by atoms with Crippen LogP contribution in [0.1, 0.15) is 18.4 Å². The van der Waals surface area contributed by atoms with Crippen molar-refractivity contribution < 1.29 is 24.6 Å². The second-order valence-corrected chi connectivity index (χ2v) is 3.91. The van der Waals surface area contributed by atoms with Gasteiger partial charge in [-0.2, -0.15) is 0 Å². The zero-order chi connectivity index (χ0) is 14.3. The molecule has 7 nitrogen and oxygen atoms in total. The molecule has 102 valence electrons. The lowest BCUT2D eigenvalue weighted by molar-refractivity contribution is -0.147. The second-order valence-electron chi connectivity index (χ2n) is 3.91. The van der Waals surface area contributed by atoms with Crippen LogP contribution in [0.25, 0.3) is 0 Å². The number of hydrogen-bond donors (Lipinski definition) is 3. The number of carboxylic acids is 2. The summed E-state index contributed by atoms with van der Waals surface area (Å²) >= 11 is 0. The molecular weight excluding hydrogens is 252 g/mol. The monoisotopic (exact) mass is 266 g/mol. The number of nitrogens with one attached hydrogen (secondary N) is 1. The Balaban J connectivity index is 2.45. The molecule has 1 aromatic heterocycles. The van der Waals surface area contributed by atoms with Gasteiger partial charge in [-0.15, -0.1) is 0 Å². The lowest BCUT2D eigenvalue weighted by atomic mass is 10.1. The molecule has 0 bridgehead atoms. The Morgan fingerprint density at radius 3 is 2.37 bits per heavy atom. The Labute approximate surface area is 109 Å². The highest BCUT2D eigenvalue weighted by Gasteiger charge is 2.22. The minimum absolute atomic E-state index is 0.0907. The number of rotatable bonds is 7. The number of aliphatic carboxylic acids is 2. The lowest BCUT2D eigenvalue weighted by Crippen LogP contribution is -2.42. The number of aryl methyl sites for hydroxylation is 1. The van der Waals surface area contributed by atoms with E-state index in [9.17, 15) is 14.4 Å². The molecule has 0 aliphatic rings. The van der Waals surface area contributed by atoms with E-state index in [0.717, 1.165) is 5.56 Å². The molecule has 1 rings (SSSR count). The minimum atomic E-state index is -1.40. The zero-order valence-corrected chi connectivity index (χ0v) is 10.1. The number of carboxylic acid groups (broad SMARTS) is 2. The number of hydrogen-bond acceptors (Lipinski definition) is 4. The van der Waals surface area contributed by atoms with Crippen LogP contribution in [0.15, 0.2) is 24.5 Å². The average Bonchev–Trinajstić information content (AvgIpc) is 2.36. The molecule has 0 fully saturated rings. The third-order valence-electron chi connectivity index (χ3n) is 2.40. The first-order valence-electron chi connectivity index (χ1n) is 5.62. The van der Waals surface area contributed by atoms with Crippen LogP contribution in [-0.2, 0) is 20.8 Å². The maximum Gasteiger partial charge on any atom is 0.326 e. The summed E-state index contributed by atoms with van der Waals surface area (Å²) in [6.07, 6.45) is 3.08. The fraction of sp³-hybridized carbons (Fsp3) is 0.333. The summed E-state index contributed by atoms with van der Waals surface area (Å²) < 4.78 is 0. The molecule has 0 aromatic carbocycles. The van der Waals surface area contributed by atoms with Crippen LogP contribution in [0.3, 0.4) is 0 Å². The summed E-state index contributed by atoms with van der Waals surface area (Å²) in [7, 11) is 0. The highest BCUT2D eigenvalue weighted by atomic mass is 16.4. The number of aromatic nitrogens is 1. The molecule has 1 amide bonds. The van der Waals surface area contributed by atoms with Crippen molar-refractivity contribution in [3.05, 3.63) is 30.1 Å². The fourth-order valence-corrected chi connectivity index (χ4v) is 1.45. The molecule has 1 atom stereocenters. The van der Waals surface area contributed by atoms with Gasteiger partial charge in [-0.3, -0.25) is 14.6 Å². The molecule has 3 N–H and O–H groups in total. The van der Waals surface area contributed by atoms with Crippen molar-refractivity contribution in [3.8, 4) is 0 Å². The molecule has 0 saturated heterocycles. The highest BCUT2D eigenvalue weighted by molar-refractivity contribution is 5.86. The molecule has 7 heteroatoms. The highest BCUT2D eigenvalue weighted by Crippen LogP contribution is 2.01. The van der Waals surface area contributed by atoms with Gasteiger partial charge in [-0.25, -0.2) is 4.79 Å². The quantitative estimate of drug-likeness (QED) is 0.642. The summed E-state index contributed by atoms with van der Waals surface area (Å²) in [4.78, 5) is 36.6. The van der Waals surface area contributed by atoms with Gasteiger partial charge < -0.3 is 15.5 Å². The molecule has 0 aliphatic heterocycles. The lowest BCUT2D eigenvalue weighted by Gasteiger charge is -2.12. The standard InChI is InChI=1S/C12H14N2O5/c15-10(2-1-8-3-5-13-6-4-8)14-9(12(18)19)7-11(16)17/h3-6,9H,1-2,7H2,(H,14,15)(H,16,17)(H,18,19). The van der Waals surface area contributed by atoms with Crippen LogP contribution in [0, 0.1) is 0 Å². The number of carbonyl (C=O) groups is 3. The summed E-state index contributed by atoms with van der Waals surface area (Å²) in [5, 5.41) is 19.5. The Bertz CT molecular complexity index is 460. The van der Waals surface area contributed by atoms with Crippen LogP contribution in [0.5, 0.6) is 0 Å². The third kappa shape index (κ3) is 5.62. The van der Waals surface area contributed by atoms with E-state index in [1.54, 1.807) is 24.5 Å². The van der Waals surface area contributed by atoms with E-state index in [-0.39, 0.29) is 6.42 Å². The molecule has 0 radical (unpaired) electrons.